The van der Waals surface area contributed by atoms with Crippen LogP contribution in [0.4, 0.5) is 16.2 Å². The van der Waals surface area contributed by atoms with Gasteiger partial charge in [-0.1, -0.05) is 25.5 Å². The molecule has 0 saturated heterocycles. The summed E-state index contributed by atoms with van der Waals surface area (Å²) in [7, 11) is 0.178. The van der Waals surface area contributed by atoms with E-state index in [1.807, 2.05) is 0 Å². The van der Waals surface area contributed by atoms with Crippen molar-refractivity contribution in [3.05, 3.63) is 48.0 Å². The zero-order valence-electron chi connectivity index (χ0n) is 14.7. The molecule has 7 heteroatoms. The summed E-state index contributed by atoms with van der Waals surface area (Å²) >= 11 is 0. The molecule has 0 saturated carbocycles. The lowest BCUT2D eigenvalue weighted by Gasteiger charge is -2.18. The lowest BCUT2D eigenvalue weighted by molar-refractivity contribution is 0.0990. The molecule has 2 N–H and O–H groups in total. The number of unbranched alkanes of at least 4 members (excludes halogenated alkanes) is 1. The van der Waals surface area contributed by atoms with Crippen molar-refractivity contribution in [1.82, 2.24) is 5.32 Å². The maximum Gasteiger partial charge on any atom is 0.319 e. The summed E-state index contributed by atoms with van der Waals surface area (Å²) < 4.78 is 13.0. The fourth-order valence-electron chi connectivity index (χ4n) is 2.78. The Morgan fingerprint density at radius 3 is 2.69 bits per heavy atom. The van der Waals surface area contributed by atoms with Gasteiger partial charge in [0, 0.05) is 19.3 Å². The SMILES string of the molecule is CCCCNC(=O)Nc1ccc2c(c1)N(C)C(=O)c1ccccc1S2=O. The molecule has 1 aliphatic rings. The number of amides is 3. The number of nitrogens with one attached hydrogen (secondary N) is 2. The summed E-state index contributed by atoms with van der Waals surface area (Å²) in [5, 5.41) is 5.53. The van der Waals surface area contributed by atoms with Crippen LogP contribution in [0.3, 0.4) is 0 Å². The van der Waals surface area contributed by atoms with E-state index in [0.717, 1.165) is 12.8 Å². The van der Waals surface area contributed by atoms with Crippen LogP contribution in [0.25, 0.3) is 0 Å². The van der Waals surface area contributed by atoms with Crippen LogP contribution in [0.5, 0.6) is 0 Å². The molecule has 2 aromatic carbocycles. The molecule has 0 radical (unpaired) electrons. The van der Waals surface area contributed by atoms with E-state index < -0.39 is 10.8 Å². The lowest BCUT2D eigenvalue weighted by atomic mass is 10.2. The van der Waals surface area contributed by atoms with Crippen molar-refractivity contribution < 1.29 is 13.8 Å². The van der Waals surface area contributed by atoms with Crippen LogP contribution in [0, 0.1) is 0 Å². The minimum absolute atomic E-state index is 0.225. The number of nitrogens with zero attached hydrogens (tertiary/aromatic N) is 1. The highest BCUT2D eigenvalue weighted by molar-refractivity contribution is 7.85. The minimum atomic E-state index is -1.47. The smallest absolute Gasteiger partial charge is 0.319 e. The third-order valence-corrected chi connectivity index (χ3v) is 5.72. The summed E-state index contributed by atoms with van der Waals surface area (Å²) in [5.41, 5.74) is 1.49. The van der Waals surface area contributed by atoms with Gasteiger partial charge in [-0.2, -0.15) is 0 Å². The Labute approximate surface area is 155 Å². The summed E-state index contributed by atoms with van der Waals surface area (Å²) in [6.07, 6.45) is 1.91. The Kier molecular flexibility index (Phi) is 5.37. The Hall–Kier alpha value is -2.67. The van der Waals surface area contributed by atoms with E-state index in [2.05, 4.69) is 17.6 Å². The van der Waals surface area contributed by atoms with Gasteiger partial charge in [0.2, 0.25) is 0 Å². The third kappa shape index (κ3) is 3.48. The summed E-state index contributed by atoms with van der Waals surface area (Å²) in [5.74, 6) is -0.225. The van der Waals surface area contributed by atoms with Gasteiger partial charge in [-0.05, 0) is 36.8 Å². The number of urea groups is 1. The third-order valence-electron chi connectivity index (χ3n) is 4.22. The van der Waals surface area contributed by atoms with E-state index >= 15 is 0 Å². The maximum absolute atomic E-state index is 13.0. The monoisotopic (exact) mass is 371 g/mol. The molecule has 0 bridgehead atoms. The molecular weight excluding hydrogens is 350 g/mol. The predicted molar refractivity (Wildman–Crippen MR) is 102 cm³/mol. The fourth-order valence-corrected chi connectivity index (χ4v) is 4.15. The standard InChI is InChI=1S/C19H21N3O3S/c1-3-4-11-20-19(24)21-13-9-10-17-15(12-13)22(2)18(23)14-7-5-6-8-16(14)26(17)25/h5-10,12H,3-4,11H2,1-2H3,(H2,20,21,24). The van der Waals surface area contributed by atoms with Crippen molar-refractivity contribution in [3.8, 4) is 0 Å². The molecule has 3 amide bonds. The first-order valence-electron chi connectivity index (χ1n) is 8.50. The van der Waals surface area contributed by atoms with E-state index in [9.17, 15) is 13.8 Å². The predicted octanol–water partition coefficient (Wildman–Crippen LogP) is 3.36. The largest absolute Gasteiger partial charge is 0.338 e. The van der Waals surface area contributed by atoms with Gasteiger partial charge < -0.3 is 15.5 Å². The molecule has 6 nitrogen and oxygen atoms in total. The molecule has 26 heavy (non-hydrogen) atoms. The second-order valence-corrected chi connectivity index (χ2v) is 7.46. The van der Waals surface area contributed by atoms with Crippen molar-refractivity contribution in [3.63, 3.8) is 0 Å². The number of carbonyl (C=O) groups excluding carboxylic acids is 2. The zero-order chi connectivity index (χ0) is 18.7. The highest BCUT2D eigenvalue weighted by Crippen LogP contribution is 2.35. The van der Waals surface area contributed by atoms with Crippen molar-refractivity contribution in [2.75, 3.05) is 23.8 Å². The normalized spacial score (nSPS) is 15.7. The highest BCUT2D eigenvalue weighted by Gasteiger charge is 2.28. The van der Waals surface area contributed by atoms with Gasteiger partial charge in [0.25, 0.3) is 5.91 Å². The Morgan fingerprint density at radius 1 is 1.15 bits per heavy atom. The Morgan fingerprint density at radius 2 is 1.92 bits per heavy atom. The quantitative estimate of drug-likeness (QED) is 0.809. The summed E-state index contributed by atoms with van der Waals surface area (Å²) in [6.45, 7) is 2.65. The molecule has 2 aromatic rings. The first-order valence-corrected chi connectivity index (χ1v) is 9.65. The Balaban J connectivity index is 1.91. The molecule has 1 heterocycles. The Bertz CT molecular complexity index is 882. The number of benzene rings is 2. The molecule has 136 valence electrons. The molecule has 0 fully saturated rings. The van der Waals surface area contributed by atoms with E-state index in [1.54, 1.807) is 49.5 Å². The summed E-state index contributed by atoms with van der Waals surface area (Å²) in [6, 6.07) is 11.7. The molecule has 0 aromatic heterocycles. The van der Waals surface area contributed by atoms with Crippen LogP contribution < -0.4 is 15.5 Å². The van der Waals surface area contributed by atoms with Crippen molar-refractivity contribution >= 4 is 34.1 Å². The number of anilines is 2. The molecular formula is C19H21N3O3S. The van der Waals surface area contributed by atoms with Gasteiger partial charge in [-0.25, -0.2) is 9.00 Å². The molecule has 0 aliphatic carbocycles. The molecule has 1 aliphatic heterocycles. The van der Waals surface area contributed by atoms with Crippen molar-refractivity contribution in [1.29, 1.82) is 0 Å². The number of carbonyl (C=O) groups is 2. The second-order valence-electron chi connectivity index (χ2n) is 6.05. The van der Waals surface area contributed by atoms with Gasteiger partial charge >= 0.3 is 6.03 Å². The number of fused-ring (bicyclic) bond motifs is 2. The minimum Gasteiger partial charge on any atom is -0.338 e. The van der Waals surface area contributed by atoms with Gasteiger partial charge in [-0.3, -0.25) is 4.79 Å². The van der Waals surface area contributed by atoms with Gasteiger partial charge in [-0.15, -0.1) is 0 Å². The van der Waals surface area contributed by atoms with Gasteiger partial charge in [0.1, 0.15) is 0 Å². The average molecular weight is 371 g/mol. The highest BCUT2D eigenvalue weighted by atomic mass is 32.2. The summed E-state index contributed by atoms with van der Waals surface area (Å²) in [4.78, 5) is 27.2. The van der Waals surface area contributed by atoms with Gasteiger partial charge in [0.05, 0.1) is 31.8 Å². The van der Waals surface area contributed by atoms with E-state index in [0.29, 0.717) is 33.3 Å². The van der Waals surface area contributed by atoms with Gasteiger partial charge in [0.15, 0.2) is 0 Å². The number of rotatable bonds is 4. The van der Waals surface area contributed by atoms with Crippen molar-refractivity contribution in [2.24, 2.45) is 0 Å². The average Bonchev–Trinajstić information content (AvgIpc) is 2.73. The van der Waals surface area contributed by atoms with E-state index in [1.165, 1.54) is 4.90 Å². The zero-order valence-corrected chi connectivity index (χ0v) is 15.6. The van der Waals surface area contributed by atoms with Crippen LogP contribution in [-0.2, 0) is 10.8 Å². The van der Waals surface area contributed by atoms with E-state index in [-0.39, 0.29) is 11.9 Å². The van der Waals surface area contributed by atoms with Crippen LogP contribution in [0.2, 0.25) is 0 Å². The van der Waals surface area contributed by atoms with Crippen LogP contribution in [-0.4, -0.2) is 29.7 Å². The first-order chi connectivity index (χ1) is 12.5. The molecule has 1 unspecified atom stereocenters. The topological polar surface area (TPSA) is 78.5 Å². The van der Waals surface area contributed by atoms with Crippen LogP contribution in [0.1, 0.15) is 30.1 Å². The van der Waals surface area contributed by atoms with Crippen molar-refractivity contribution in [2.45, 2.75) is 29.6 Å². The fraction of sp³-hybridized carbons (Fsp3) is 0.263. The second kappa shape index (κ2) is 7.70. The number of hydrogen-bond acceptors (Lipinski definition) is 3. The maximum atomic E-state index is 13.0. The first kappa shape index (κ1) is 18.1. The van der Waals surface area contributed by atoms with E-state index in [4.69, 9.17) is 0 Å². The van der Waals surface area contributed by atoms with Crippen LogP contribution >= 0.6 is 0 Å². The molecule has 0 spiro atoms. The molecule has 1 atom stereocenters. The lowest BCUT2D eigenvalue weighted by Crippen LogP contribution is -2.30. The number of hydrogen-bond donors (Lipinski definition) is 2. The molecule has 3 rings (SSSR count). The van der Waals surface area contributed by atoms with Crippen LogP contribution in [0.15, 0.2) is 52.3 Å².